The third-order valence-electron chi connectivity index (χ3n) is 4.09. The van der Waals surface area contributed by atoms with E-state index >= 15 is 0 Å². The van der Waals surface area contributed by atoms with Crippen LogP contribution in [0.3, 0.4) is 0 Å². The van der Waals surface area contributed by atoms with Crippen LogP contribution in [0.1, 0.15) is 46.0 Å². The van der Waals surface area contributed by atoms with Crippen LogP contribution in [0.4, 0.5) is 0 Å². The lowest BCUT2D eigenvalue weighted by Gasteiger charge is -2.24. The Bertz CT molecular complexity index is 681. The Labute approximate surface area is 178 Å². The molecule has 0 saturated heterocycles. The SMILES string of the molecule is CC(C)CC(NC(=O)C(CCC(=O)O)NC(=O)C(CCC(=O)O)NC(=O)CN)C(=O)O. The first kappa shape index (κ1) is 27.8. The van der Waals surface area contributed by atoms with Crippen LogP contribution in [0.2, 0.25) is 0 Å². The van der Waals surface area contributed by atoms with Gasteiger partial charge < -0.3 is 37.0 Å². The molecule has 3 unspecified atom stereocenters. The van der Waals surface area contributed by atoms with Crippen LogP contribution in [0.15, 0.2) is 0 Å². The van der Waals surface area contributed by atoms with Crippen molar-refractivity contribution in [1.29, 1.82) is 0 Å². The molecule has 0 aromatic carbocycles. The highest BCUT2D eigenvalue weighted by atomic mass is 16.4. The third-order valence-corrected chi connectivity index (χ3v) is 4.09. The Kier molecular flexibility index (Phi) is 12.5. The standard InChI is InChI=1S/C18H30N4O9/c1-9(2)7-12(18(30)31)22-17(29)11(4-6-15(26)27)21-16(28)10(3-5-14(24)25)20-13(23)8-19/h9-12H,3-8,19H2,1-2H3,(H,20,23)(H,21,28)(H,22,29)(H,24,25)(H,26,27)(H,30,31). The highest BCUT2D eigenvalue weighted by Crippen LogP contribution is 2.08. The molecule has 13 nitrogen and oxygen atoms in total. The summed E-state index contributed by atoms with van der Waals surface area (Å²) in [4.78, 5) is 69.8. The molecule has 0 radical (unpaired) electrons. The molecule has 13 heteroatoms. The summed E-state index contributed by atoms with van der Waals surface area (Å²) in [6, 6.07) is -4.01. The summed E-state index contributed by atoms with van der Waals surface area (Å²) in [5.74, 6) is -6.41. The number of carboxylic acid groups (broad SMARTS) is 3. The molecule has 0 aromatic rings. The first-order valence-electron chi connectivity index (χ1n) is 9.63. The van der Waals surface area contributed by atoms with Gasteiger partial charge in [0.15, 0.2) is 0 Å². The Morgan fingerprint density at radius 2 is 1.16 bits per heavy atom. The number of carboxylic acids is 3. The molecule has 0 bridgehead atoms. The number of rotatable bonds is 15. The van der Waals surface area contributed by atoms with Crippen molar-refractivity contribution in [2.75, 3.05) is 6.54 Å². The van der Waals surface area contributed by atoms with Crippen LogP contribution in [-0.2, 0) is 28.8 Å². The topological polar surface area (TPSA) is 225 Å². The summed E-state index contributed by atoms with van der Waals surface area (Å²) in [5, 5.41) is 33.8. The van der Waals surface area contributed by atoms with Crippen LogP contribution in [0.5, 0.6) is 0 Å². The van der Waals surface area contributed by atoms with Gasteiger partial charge in [0, 0.05) is 12.8 Å². The minimum Gasteiger partial charge on any atom is -0.481 e. The number of nitrogens with two attached hydrogens (primary N) is 1. The molecule has 0 spiro atoms. The normalized spacial score (nSPS) is 13.5. The van der Waals surface area contributed by atoms with E-state index in [2.05, 4.69) is 16.0 Å². The van der Waals surface area contributed by atoms with Crippen molar-refractivity contribution < 1.29 is 44.1 Å². The van der Waals surface area contributed by atoms with Crippen molar-refractivity contribution in [3.05, 3.63) is 0 Å². The largest absolute Gasteiger partial charge is 0.481 e. The van der Waals surface area contributed by atoms with Crippen molar-refractivity contribution in [1.82, 2.24) is 16.0 Å². The molecule has 176 valence electrons. The van der Waals surface area contributed by atoms with Crippen molar-refractivity contribution in [2.24, 2.45) is 11.7 Å². The zero-order valence-electron chi connectivity index (χ0n) is 17.4. The number of hydrogen-bond donors (Lipinski definition) is 7. The maximum Gasteiger partial charge on any atom is 0.326 e. The summed E-state index contributed by atoms with van der Waals surface area (Å²) < 4.78 is 0. The van der Waals surface area contributed by atoms with E-state index in [4.69, 9.17) is 15.9 Å². The lowest BCUT2D eigenvalue weighted by Crippen LogP contribution is -2.56. The Morgan fingerprint density at radius 3 is 1.52 bits per heavy atom. The van der Waals surface area contributed by atoms with Gasteiger partial charge in [-0.05, 0) is 25.2 Å². The van der Waals surface area contributed by atoms with Gasteiger partial charge in [0.25, 0.3) is 0 Å². The van der Waals surface area contributed by atoms with E-state index in [1.807, 2.05) is 0 Å². The summed E-state index contributed by atoms with van der Waals surface area (Å²) in [7, 11) is 0. The van der Waals surface area contributed by atoms with Gasteiger partial charge in [-0.3, -0.25) is 24.0 Å². The minimum atomic E-state index is -1.42. The van der Waals surface area contributed by atoms with Gasteiger partial charge in [0.05, 0.1) is 6.54 Å². The zero-order valence-corrected chi connectivity index (χ0v) is 17.4. The van der Waals surface area contributed by atoms with Crippen LogP contribution in [0.25, 0.3) is 0 Å². The molecule has 0 aliphatic heterocycles. The quantitative estimate of drug-likeness (QED) is 0.150. The van der Waals surface area contributed by atoms with Crippen molar-refractivity contribution >= 4 is 35.6 Å². The maximum absolute atomic E-state index is 12.6. The Morgan fingerprint density at radius 1 is 0.742 bits per heavy atom. The summed E-state index contributed by atoms with van der Waals surface area (Å²) in [6.45, 7) is 3.03. The van der Waals surface area contributed by atoms with E-state index < -0.39 is 73.1 Å². The number of amides is 3. The van der Waals surface area contributed by atoms with Gasteiger partial charge in [-0.15, -0.1) is 0 Å². The molecular weight excluding hydrogens is 416 g/mol. The first-order chi connectivity index (χ1) is 14.4. The molecule has 0 aliphatic rings. The van der Waals surface area contributed by atoms with Crippen LogP contribution in [-0.4, -0.2) is 75.6 Å². The number of aliphatic carboxylic acids is 3. The first-order valence-corrected chi connectivity index (χ1v) is 9.63. The minimum absolute atomic E-state index is 0.0691. The number of nitrogens with one attached hydrogen (secondary N) is 3. The van der Waals surface area contributed by atoms with Gasteiger partial charge in [0.1, 0.15) is 18.1 Å². The van der Waals surface area contributed by atoms with Crippen molar-refractivity contribution in [3.63, 3.8) is 0 Å². The second kappa shape index (κ2) is 13.9. The fourth-order valence-electron chi connectivity index (χ4n) is 2.56. The lowest BCUT2D eigenvalue weighted by atomic mass is 10.0. The predicted octanol–water partition coefficient (Wildman–Crippen LogP) is -1.74. The fraction of sp³-hybridized carbons (Fsp3) is 0.667. The number of hydrogen-bond acceptors (Lipinski definition) is 7. The zero-order chi connectivity index (χ0) is 24.1. The van der Waals surface area contributed by atoms with Gasteiger partial charge in [-0.25, -0.2) is 4.79 Å². The van der Waals surface area contributed by atoms with Gasteiger partial charge in [-0.1, -0.05) is 13.8 Å². The van der Waals surface area contributed by atoms with E-state index in [1.54, 1.807) is 13.8 Å². The molecule has 3 atom stereocenters. The molecule has 0 heterocycles. The van der Waals surface area contributed by atoms with Crippen LogP contribution >= 0.6 is 0 Å². The fourth-order valence-corrected chi connectivity index (χ4v) is 2.56. The predicted molar refractivity (Wildman–Crippen MR) is 106 cm³/mol. The average molecular weight is 446 g/mol. The highest BCUT2D eigenvalue weighted by Gasteiger charge is 2.30. The monoisotopic (exact) mass is 446 g/mol. The lowest BCUT2D eigenvalue weighted by molar-refractivity contribution is -0.143. The van der Waals surface area contributed by atoms with E-state index in [0.717, 1.165) is 0 Å². The second-order valence-electron chi connectivity index (χ2n) is 7.28. The molecule has 0 rings (SSSR count). The highest BCUT2D eigenvalue weighted by molar-refractivity contribution is 5.94. The van der Waals surface area contributed by atoms with Crippen LogP contribution in [0, 0.1) is 5.92 Å². The molecule has 0 fully saturated rings. The van der Waals surface area contributed by atoms with E-state index in [0.29, 0.717) is 0 Å². The number of carbonyl (C=O) groups excluding carboxylic acids is 3. The van der Waals surface area contributed by atoms with Gasteiger partial charge in [-0.2, -0.15) is 0 Å². The average Bonchev–Trinajstić information content (AvgIpc) is 2.66. The Balaban J connectivity index is 5.46. The molecule has 0 aromatic heterocycles. The summed E-state index contributed by atoms with van der Waals surface area (Å²) in [5.41, 5.74) is 5.18. The van der Waals surface area contributed by atoms with E-state index in [9.17, 15) is 33.9 Å². The summed E-state index contributed by atoms with van der Waals surface area (Å²) >= 11 is 0. The Hall–Kier alpha value is -3.22. The van der Waals surface area contributed by atoms with Gasteiger partial charge >= 0.3 is 17.9 Å². The molecular formula is C18H30N4O9. The number of carbonyl (C=O) groups is 6. The van der Waals surface area contributed by atoms with Crippen LogP contribution < -0.4 is 21.7 Å². The van der Waals surface area contributed by atoms with Crippen molar-refractivity contribution in [2.45, 2.75) is 64.1 Å². The molecule has 3 amide bonds. The van der Waals surface area contributed by atoms with E-state index in [1.165, 1.54) is 0 Å². The molecule has 0 saturated carbocycles. The van der Waals surface area contributed by atoms with E-state index in [-0.39, 0.29) is 25.2 Å². The second-order valence-corrected chi connectivity index (χ2v) is 7.28. The summed E-state index contributed by atoms with van der Waals surface area (Å²) in [6.07, 6.45) is -1.52. The maximum atomic E-state index is 12.6. The molecule has 8 N–H and O–H groups in total. The van der Waals surface area contributed by atoms with Crippen molar-refractivity contribution in [3.8, 4) is 0 Å². The van der Waals surface area contributed by atoms with Gasteiger partial charge in [0.2, 0.25) is 17.7 Å². The molecule has 31 heavy (non-hydrogen) atoms. The smallest absolute Gasteiger partial charge is 0.326 e. The third kappa shape index (κ3) is 12.2. The molecule has 0 aliphatic carbocycles.